The topological polar surface area (TPSA) is 105 Å². The van der Waals surface area contributed by atoms with Crippen LogP contribution in [0.15, 0.2) is 48.5 Å². The van der Waals surface area contributed by atoms with Crippen LogP contribution in [-0.2, 0) is 15.7 Å². The number of ether oxygens (including phenoxy) is 1. The van der Waals surface area contributed by atoms with Gasteiger partial charge in [-0.3, -0.25) is 5.41 Å². The van der Waals surface area contributed by atoms with E-state index in [9.17, 15) is 22.8 Å². The average molecular weight is 365 g/mol. The number of hydrogen-bond acceptors (Lipinski definition) is 5. The number of esters is 2. The molecule has 0 aromatic heterocycles. The zero-order valence-corrected chi connectivity index (χ0v) is 13.3. The number of anilines is 1. The Bertz CT molecular complexity index is 833. The second-order valence-corrected chi connectivity index (χ2v) is 5.18. The molecule has 0 aliphatic heterocycles. The van der Waals surface area contributed by atoms with Crippen LogP contribution in [-0.4, -0.2) is 24.3 Å². The fourth-order valence-electron chi connectivity index (χ4n) is 1.96. The highest BCUT2D eigenvalue weighted by Crippen LogP contribution is 2.29. The molecule has 4 N–H and O–H groups in total. The Morgan fingerprint density at radius 2 is 1.69 bits per heavy atom. The van der Waals surface area contributed by atoms with Crippen molar-refractivity contribution in [3.05, 3.63) is 65.2 Å². The Hall–Kier alpha value is -3.36. The van der Waals surface area contributed by atoms with Gasteiger partial charge in [-0.2, -0.15) is 13.2 Å². The fourth-order valence-corrected chi connectivity index (χ4v) is 1.96. The predicted molar refractivity (Wildman–Crippen MR) is 87.8 cm³/mol. The van der Waals surface area contributed by atoms with Gasteiger partial charge in [-0.25, -0.2) is 9.59 Å². The van der Waals surface area contributed by atoms with Crippen molar-refractivity contribution >= 4 is 23.5 Å². The van der Waals surface area contributed by atoms with Gasteiger partial charge >= 0.3 is 18.1 Å². The van der Waals surface area contributed by atoms with E-state index in [4.69, 9.17) is 11.1 Å². The Morgan fingerprint density at radius 3 is 2.27 bits per heavy atom. The molecule has 2 rings (SSSR count). The molecule has 6 nitrogen and oxygen atoms in total. The van der Waals surface area contributed by atoms with Crippen LogP contribution < -0.4 is 11.1 Å². The number of carbonyl (C=O) groups excluding carboxylic acids is 2. The van der Waals surface area contributed by atoms with Gasteiger partial charge in [0.15, 0.2) is 0 Å². The summed E-state index contributed by atoms with van der Waals surface area (Å²) in [6.07, 6.45) is -4.45. The molecule has 136 valence electrons. The first kappa shape index (κ1) is 19.0. The van der Waals surface area contributed by atoms with Crippen molar-refractivity contribution in [2.75, 3.05) is 11.9 Å². The molecule has 2 aromatic rings. The second-order valence-electron chi connectivity index (χ2n) is 5.18. The SMILES string of the molecule is N=C(N)c1cccc(C(=O)OC(=O)CNc2ccc(C(F)(F)F)cc2)c1. The van der Waals surface area contributed by atoms with Crippen molar-refractivity contribution in [3.63, 3.8) is 0 Å². The number of nitrogens with one attached hydrogen (secondary N) is 2. The largest absolute Gasteiger partial charge is 0.416 e. The number of nitrogens with two attached hydrogens (primary N) is 1. The van der Waals surface area contributed by atoms with Gasteiger partial charge in [0.1, 0.15) is 12.4 Å². The van der Waals surface area contributed by atoms with E-state index in [0.29, 0.717) is 5.56 Å². The van der Waals surface area contributed by atoms with Crippen LogP contribution in [0.4, 0.5) is 18.9 Å². The molecule has 0 bridgehead atoms. The third kappa shape index (κ3) is 5.07. The third-order valence-electron chi connectivity index (χ3n) is 3.26. The van der Waals surface area contributed by atoms with Gasteiger partial charge in [-0.15, -0.1) is 0 Å². The summed E-state index contributed by atoms with van der Waals surface area (Å²) < 4.78 is 42.0. The lowest BCUT2D eigenvalue weighted by Gasteiger charge is -2.09. The molecule has 0 amide bonds. The van der Waals surface area contributed by atoms with Gasteiger partial charge < -0.3 is 15.8 Å². The van der Waals surface area contributed by atoms with E-state index in [2.05, 4.69) is 10.1 Å². The number of halogens is 3. The minimum Gasteiger partial charge on any atom is -0.388 e. The zero-order chi connectivity index (χ0) is 19.3. The normalized spacial score (nSPS) is 10.9. The monoisotopic (exact) mass is 365 g/mol. The Labute approximate surface area is 146 Å². The van der Waals surface area contributed by atoms with Gasteiger partial charge in [0.05, 0.1) is 11.1 Å². The zero-order valence-electron chi connectivity index (χ0n) is 13.3. The minimum absolute atomic E-state index is 0.0422. The van der Waals surface area contributed by atoms with E-state index in [0.717, 1.165) is 24.3 Å². The smallest absolute Gasteiger partial charge is 0.388 e. The standard InChI is InChI=1S/C17H14F3N3O3/c18-17(19,20)12-4-6-13(7-5-12)23-9-14(24)26-16(25)11-3-1-2-10(8-11)15(21)22/h1-8,23H,9H2,(H3,21,22). The molecule has 0 aliphatic carbocycles. The summed E-state index contributed by atoms with van der Waals surface area (Å²) in [5.74, 6) is -2.08. The Kier molecular flexibility index (Phi) is 5.61. The van der Waals surface area contributed by atoms with Gasteiger partial charge in [0.25, 0.3) is 0 Å². The number of nitrogen functional groups attached to an aromatic ring is 1. The number of rotatable bonds is 5. The molecule has 0 heterocycles. The molecule has 0 unspecified atom stereocenters. The molecule has 0 fully saturated rings. The first-order chi connectivity index (χ1) is 12.2. The first-order valence-electron chi connectivity index (χ1n) is 7.27. The van der Waals surface area contributed by atoms with Crippen molar-refractivity contribution in [1.82, 2.24) is 0 Å². The molecule has 0 aliphatic rings. The maximum absolute atomic E-state index is 12.5. The number of amidine groups is 1. The molecule has 9 heteroatoms. The van der Waals surface area contributed by atoms with Crippen LogP contribution >= 0.6 is 0 Å². The maximum Gasteiger partial charge on any atom is 0.416 e. The maximum atomic E-state index is 12.5. The number of hydrogen-bond donors (Lipinski definition) is 3. The van der Waals surface area contributed by atoms with Gasteiger partial charge in [0.2, 0.25) is 0 Å². The fraction of sp³-hybridized carbons (Fsp3) is 0.118. The molecular formula is C17H14F3N3O3. The van der Waals surface area contributed by atoms with E-state index in [1.165, 1.54) is 24.3 Å². The average Bonchev–Trinajstić information content (AvgIpc) is 2.59. The van der Waals surface area contributed by atoms with Crippen LogP contribution in [0.2, 0.25) is 0 Å². The number of carbonyl (C=O) groups is 2. The van der Waals surface area contributed by atoms with Crippen LogP contribution in [0, 0.1) is 5.41 Å². The first-order valence-corrected chi connectivity index (χ1v) is 7.27. The summed E-state index contributed by atoms with van der Waals surface area (Å²) in [7, 11) is 0. The molecule has 0 radical (unpaired) electrons. The van der Waals surface area contributed by atoms with Gasteiger partial charge in [-0.1, -0.05) is 12.1 Å². The molecule has 0 atom stereocenters. The molecular weight excluding hydrogens is 351 g/mol. The molecule has 0 saturated heterocycles. The summed E-state index contributed by atoms with van der Waals surface area (Å²) in [6.45, 7) is -0.413. The highest BCUT2D eigenvalue weighted by molar-refractivity contribution is 6.01. The van der Waals surface area contributed by atoms with Crippen LogP contribution in [0.3, 0.4) is 0 Å². The summed E-state index contributed by atoms with van der Waals surface area (Å²) in [5.41, 5.74) is 5.11. The highest BCUT2D eigenvalue weighted by atomic mass is 19.4. The Balaban J connectivity index is 1.91. The van der Waals surface area contributed by atoms with Gasteiger partial charge in [0, 0.05) is 11.3 Å². The van der Waals surface area contributed by atoms with E-state index < -0.39 is 30.2 Å². The summed E-state index contributed by atoms with van der Waals surface area (Å²) in [5, 5.41) is 9.87. The predicted octanol–water partition coefficient (Wildman–Crippen LogP) is 2.78. The van der Waals surface area contributed by atoms with Gasteiger partial charge in [-0.05, 0) is 36.4 Å². The van der Waals surface area contributed by atoms with Crippen molar-refractivity contribution in [2.24, 2.45) is 5.73 Å². The quantitative estimate of drug-likeness (QED) is 0.327. The van der Waals surface area contributed by atoms with Crippen molar-refractivity contribution in [1.29, 1.82) is 5.41 Å². The van der Waals surface area contributed by atoms with E-state index in [1.807, 2.05) is 0 Å². The van der Waals surface area contributed by atoms with Crippen molar-refractivity contribution in [2.45, 2.75) is 6.18 Å². The third-order valence-corrected chi connectivity index (χ3v) is 3.26. The van der Waals surface area contributed by atoms with E-state index in [-0.39, 0.29) is 17.1 Å². The minimum atomic E-state index is -4.45. The lowest BCUT2D eigenvalue weighted by Crippen LogP contribution is -2.21. The molecule has 0 spiro atoms. The van der Waals surface area contributed by atoms with Crippen LogP contribution in [0.5, 0.6) is 0 Å². The number of alkyl halides is 3. The van der Waals surface area contributed by atoms with Crippen LogP contribution in [0.25, 0.3) is 0 Å². The van der Waals surface area contributed by atoms with E-state index >= 15 is 0 Å². The summed E-state index contributed by atoms with van der Waals surface area (Å²) in [4.78, 5) is 23.6. The number of benzene rings is 2. The lowest BCUT2D eigenvalue weighted by atomic mass is 10.1. The lowest BCUT2D eigenvalue weighted by molar-refractivity contribution is -0.138. The summed E-state index contributed by atoms with van der Waals surface area (Å²) >= 11 is 0. The molecule has 2 aromatic carbocycles. The van der Waals surface area contributed by atoms with Crippen molar-refractivity contribution < 1.29 is 27.5 Å². The molecule has 0 saturated carbocycles. The Morgan fingerprint density at radius 1 is 1.08 bits per heavy atom. The van der Waals surface area contributed by atoms with E-state index in [1.54, 1.807) is 0 Å². The summed E-state index contributed by atoms with van der Waals surface area (Å²) in [6, 6.07) is 9.76. The highest BCUT2D eigenvalue weighted by Gasteiger charge is 2.29. The molecule has 26 heavy (non-hydrogen) atoms. The van der Waals surface area contributed by atoms with Crippen molar-refractivity contribution in [3.8, 4) is 0 Å². The van der Waals surface area contributed by atoms with Crippen LogP contribution in [0.1, 0.15) is 21.5 Å². The second kappa shape index (κ2) is 7.68.